The Morgan fingerprint density at radius 3 is 1.27 bits per heavy atom. The number of aryl methyl sites for hydroxylation is 2. The average molecular weight is 583 g/mol. The van der Waals surface area contributed by atoms with E-state index >= 15 is 0 Å². The molecule has 0 spiro atoms. The van der Waals surface area contributed by atoms with Crippen molar-refractivity contribution in [1.82, 2.24) is 19.8 Å². The monoisotopic (exact) mass is 582 g/mol. The van der Waals surface area contributed by atoms with E-state index in [1.807, 2.05) is 0 Å². The van der Waals surface area contributed by atoms with Crippen LogP contribution in [0.4, 0.5) is 0 Å². The zero-order chi connectivity index (χ0) is 30.1. The fourth-order valence-corrected chi connectivity index (χ4v) is 6.67. The van der Waals surface area contributed by atoms with Crippen LogP contribution >= 0.6 is 0 Å². The molecule has 0 unspecified atom stereocenters. The highest BCUT2D eigenvalue weighted by atomic mass is 15.1. The van der Waals surface area contributed by atoms with E-state index in [9.17, 15) is 0 Å². The van der Waals surface area contributed by atoms with Gasteiger partial charge in [0.2, 0.25) is 0 Å². The van der Waals surface area contributed by atoms with Crippen molar-refractivity contribution in [2.75, 3.05) is 27.2 Å². The van der Waals surface area contributed by atoms with Crippen molar-refractivity contribution in [3.8, 4) is 0 Å². The number of likely N-dealkylation sites (N-methyl/N-ethyl adjacent to an activating group) is 2. The Bertz CT molecular complexity index is 1620. The Hall–Kier alpha value is -4.12. The van der Waals surface area contributed by atoms with Gasteiger partial charge in [-0.15, -0.1) is 0 Å². The van der Waals surface area contributed by atoms with Gasteiger partial charge in [0.15, 0.2) is 0 Å². The highest BCUT2D eigenvalue weighted by molar-refractivity contribution is 5.85. The molecule has 0 saturated heterocycles. The molecule has 44 heavy (non-hydrogen) atoms. The standard InChI is InChI=1S/C40H46N4/c1-43(29-31-15-5-3-6-16-31)27-25-35-33-19-9-11-21-37(33)41-39(35)23-13-14-24-40-36(34-20-10-12-22-38(34)42-40)26-28-44(2)30-32-17-7-4-8-18-32/h3-12,15-22,41-42H,13-14,23-30H2,1-2H3. The van der Waals surface area contributed by atoms with Crippen molar-refractivity contribution in [3.05, 3.63) is 143 Å². The maximum absolute atomic E-state index is 3.79. The first-order chi connectivity index (χ1) is 21.6. The van der Waals surface area contributed by atoms with Crippen LogP contribution in [0.5, 0.6) is 0 Å². The molecule has 0 aliphatic rings. The lowest BCUT2D eigenvalue weighted by Gasteiger charge is -2.17. The summed E-state index contributed by atoms with van der Waals surface area (Å²) in [5.41, 5.74) is 11.1. The Morgan fingerprint density at radius 2 is 0.841 bits per heavy atom. The van der Waals surface area contributed by atoms with Crippen LogP contribution < -0.4 is 0 Å². The molecule has 6 aromatic rings. The second-order valence-electron chi connectivity index (χ2n) is 12.4. The zero-order valence-corrected chi connectivity index (χ0v) is 26.4. The summed E-state index contributed by atoms with van der Waals surface area (Å²) in [6.45, 7) is 4.04. The summed E-state index contributed by atoms with van der Waals surface area (Å²) in [6, 6.07) is 39.2. The number of aromatic amines is 2. The van der Waals surface area contributed by atoms with Crippen molar-refractivity contribution in [2.24, 2.45) is 0 Å². The van der Waals surface area contributed by atoms with Gasteiger partial charge in [-0.2, -0.15) is 0 Å². The number of hydrogen-bond donors (Lipinski definition) is 2. The summed E-state index contributed by atoms with van der Waals surface area (Å²) < 4.78 is 0. The van der Waals surface area contributed by atoms with E-state index in [-0.39, 0.29) is 0 Å². The number of hydrogen-bond acceptors (Lipinski definition) is 2. The Kier molecular flexibility index (Phi) is 9.91. The van der Waals surface area contributed by atoms with Crippen molar-refractivity contribution < 1.29 is 0 Å². The quantitative estimate of drug-likeness (QED) is 0.119. The van der Waals surface area contributed by atoms with E-state index in [0.717, 1.165) is 51.9 Å². The van der Waals surface area contributed by atoms with Crippen LogP contribution in [0, 0.1) is 0 Å². The topological polar surface area (TPSA) is 38.1 Å². The summed E-state index contributed by atoms with van der Waals surface area (Å²) in [7, 11) is 4.47. The van der Waals surface area contributed by atoms with Crippen LogP contribution in [-0.4, -0.2) is 47.0 Å². The lowest BCUT2D eigenvalue weighted by atomic mass is 10.0. The summed E-state index contributed by atoms with van der Waals surface area (Å²) in [5.74, 6) is 0. The van der Waals surface area contributed by atoms with Gasteiger partial charge in [-0.1, -0.05) is 97.1 Å². The summed E-state index contributed by atoms with van der Waals surface area (Å²) in [5, 5.41) is 2.77. The lowest BCUT2D eigenvalue weighted by Crippen LogP contribution is -2.21. The van der Waals surface area contributed by atoms with Crippen LogP contribution in [-0.2, 0) is 38.8 Å². The molecular weight excluding hydrogens is 536 g/mol. The normalized spacial score (nSPS) is 11.8. The van der Waals surface area contributed by atoms with Crippen molar-refractivity contribution in [3.63, 3.8) is 0 Å². The highest BCUT2D eigenvalue weighted by Gasteiger charge is 2.15. The van der Waals surface area contributed by atoms with E-state index in [2.05, 4.69) is 143 Å². The summed E-state index contributed by atoms with van der Waals surface area (Å²) in [6.07, 6.45) is 6.63. The van der Waals surface area contributed by atoms with Gasteiger partial charge < -0.3 is 19.8 Å². The van der Waals surface area contributed by atoms with Gasteiger partial charge >= 0.3 is 0 Å². The van der Waals surface area contributed by atoms with Crippen molar-refractivity contribution in [1.29, 1.82) is 0 Å². The first-order valence-electron chi connectivity index (χ1n) is 16.3. The molecule has 0 atom stereocenters. The number of para-hydroxylation sites is 2. The molecule has 0 fully saturated rings. The number of unbranched alkanes of at least 4 members (excludes halogenated alkanes) is 1. The molecular formula is C40H46N4. The van der Waals surface area contributed by atoms with E-state index in [1.165, 1.54) is 68.3 Å². The minimum absolute atomic E-state index is 0.980. The molecule has 0 radical (unpaired) electrons. The number of nitrogens with zero attached hydrogens (tertiary/aromatic N) is 2. The van der Waals surface area contributed by atoms with Gasteiger partial charge in [0, 0.05) is 59.4 Å². The Balaban J connectivity index is 1.08. The molecule has 4 nitrogen and oxygen atoms in total. The third-order valence-corrected chi connectivity index (χ3v) is 8.99. The molecule has 6 rings (SSSR count). The van der Waals surface area contributed by atoms with Crippen molar-refractivity contribution >= 4 is 21.8 Å². The van der Waals surface area contributed by atoms with Gasteiger partial charge in [0.1, 0.15) is 0 Å². The molecule has 226 valence electrons. The molecule has 4 aromatic carbocycles. The lowest BCUT2D eigenvalue weighted by molar-refractivity contribution is 0.331. The molecule has 0 amide bonds. The van der Waals surface area contributed by atoms with Gasteiger partial charge in [-0.05, 0) is 87.0 Å². The maximum atomic E-state index is 3.79. The number of fused-ring (bicyclic) bond motifs is 2. The predicted molar refractivity (Wildman–Crippen MR) is 186 cm³/mol. The van der Waals surface area contributed by atoms with Crippen LogP contribution in [0.3, 0.4) is 0 Å². The van der Waals surface area contributed by atoms with Crippen LogP contribution in [0.2, 0.25) is 0 Å². The van der Waals surface area contributed by atoms with Crippen LogP contribution in [0.1, 0.15) is 46.5 Å². The highest BCUT2D eigenvalue weighted by Crippen LogP contribution is 2.27. The predicted octanol–water partition coefficient (Wildman–Crippen LogP) is 8.56. The smallest absolute Gasteiger partial charge is 0.0458 e. The third kappa shape index (κ3) is 7.50. The fourth-order valence-electron chi connectivity index (χ4n) is 6.67. The summed E-state index contributed by atoms with van der Waals surface area (Å²) in [4.78, 5) is 12.5. The minimum atomic E-state index is 0.980. The van der Waals surface area contributed by atoms with E-state index in [0.29, 0.717) is 0 Å². The number of nitrogens with one attached hydrogen (secondary N) is 2. The van der Waals surface area contributed by atoms with E-state index < -0.39 is 0 Å². The Morgan fingerprint density at radius 1 is 0.455 bits per heavy atom. The first kappa shape index (κ1) is 29.9. The van der Waals surface area contributed by atoms with Crippen LogP contribution in [0.15, 0.2) is 109 Å². The van der Waals surface area contributed by atoms with E-state index in [4.69, 9.17) is 0 Å². The second-order valence-corrected chi connectivity index (χ2v) is 12.4. The van der Waals surface area contributed by atoms with Gasteiger partial charge in [0.25, 0.3) is 0 Å². The molecule has 2 heterocycles. The minimum Gasteiger partial charge on any atom is -0.358 e. The molecule has 0 aliphatic carbocycles. The number of aromatic nitrogens is 2. The van der Waals surface area contributed by atoms with Crippen molar-refractivity contribution in [2.45, 2.75) is 51.6 Å². The fraction of sp³-hybridized carbons (Fsp3) is 0.300. The average Bonchev–Trinajstić information content (AvgIpc) is 3.59. The van der Waals surface area contributed by atoms with E-state index in [1.54, 1.807) is 0 Å². The molecule has 2 aromatic heterocycles. The first-order valence-corrected chi connectivity index (χ1v) is 16.3. The SMILES string of the molecule is CN(CCc1c(CCCCc2[nH]c3ccccc3c2CCN(C)Cc2ccccc2)[nH]c2ccccc12)Cc1ccccc1. The molecule has 0 bridgehead atoms. The van der Waals surface area contributed by atoms with Gasteiger partial charge in [-0.25, -0.2) is 0 Å². The maximum Gasteiger partial charge on any atom is 0.0458 e. The summed E-state index contributed by atoms with van der Waals surface area (Å²) >= 11 is 0. The van der Waals surface area contributed by atoms with Gasteiger partial charge in [0.05, 0.1) is 0 Å². The zero-order valence-electron chi connectivity index (χ0n) is 26.4. The largest absolute Gasteiger partial charge is 0.358 e. The molecule has 0 saturated carbocycles. The second kappa shape index (κ2) is 14.6. The van der Waals surface area contributed by atoms with Crippen LogP contribution in [0.25, 0.3) is 21.8 Å². The molecule has 2 N–H and O–H groups in total. The number of benzene rings is 4. The molecule has 4 heteroatoms. The Labute approximate surface area is 262 Å². The number of rotatable bonds is 15. The molecule has 0 aliphatic heterocycles. The number of H-pyrrole nitrogens is 2. The third-order valence-electron chi connectivity index (χ3n) is 8.99. The van der Waals surface area contributed by atoms with Gasteiger partial charge in [-0.3, -0.25) is 0 Å².